The third kappa shape index (κ3) is 25.9. The van der Waals surface area contributed by atoms with E-state index in [1.54, 1.807) is 0 Å². The van der Waals surface area contributed by atoms with Gasteiger partial charge < -0.3 is 4.55 Å². The van der Waals surface area contributed by atoms with Crippen LogP contribution in [-0.4, -0.2) is 18.7 Å². The summed E-state index contributed by atoms with van der Waals surface area (Å²) in [6.07, 6.45) is 20.1. The molecule has 0 heterocycles. The van der Waals surface area contributed by atoms with Crippen LogP contribution in [0.2, 0.25) is 0 Å². The van der Waals surface area contributed by atoms with Gasteiger partial charge in [-0.05, 0) is 6.42 Å². The molecular formula is C18H37KO3S. The van der Waals surface area contributed by atoms with Crippen LogP contribution in [0, 0.1) is 0 Å². The van der Waals surface area contributed by atoms with E-state index < -0.39 is 10.1 Å². The Balaban J connectivity index is 0. The molecule has 0 bridgehead atoms. The van der Waals surface area contributed by atoms with E-state index in [-0.39, 0.29) is 57.1 Å². The molecule has 0 aromatic rings. The van der Waals surface area contributed by atoms with E-state index in [2.05, 4.69) is 6.92 Å². The van der Waals surface area contributed by atoms with Crippen molar-refractivity contribution in [1.29, 1.82) is 0 Å². The van der Waals surface area contributed by atoms with Crippen molar-refractivity contribution < 1.29 is 64.4 Å². The van der Waals surface area contributed by atoms with Gasteiger partial charge in [0.15, 0.2) is 0 Å². The Morgan fingerprint density at radius 2 is 0.826 bits per heavy atom. The molecule has 0 spiro atoms. The molecule has 134 valence electrons. The van der Waals surface area contributed by atoms with Crippen LogP contribution in [0.5, 0.6) is 0 Å². The van der Waals surface area contributed by atoms with Crippen LogP contribution < -0.4 is 51.4 Å². The average Bonchev–Trinajstić information content (AvgIpc) is 2.45. The number of hydrogen-bond acceptors (Lipinski definition) is 3. The minimum Gasteiger partial charge on any atom is -0.748 e. The maximum absolute atomic E-state index is 10.4. The van der Waals surface area contributed by atoms with Crippen molar-refractivity contribution in [3.63, 3.8) is 0 Å². The van der Waals surface area contributed by atoms with Gasteiger partial charge in [0.25, 0.3) is 0 Å². The zero-order valence-electron chi connectivity index (χ0n) is 15.7. The van der Waals surface area contributed by atoms with Crippen LogP contribution in [-0.2, 0) is 10.1 Å². The molecule has 0 rings (SSSR count). The van der Waals surface area contributed by atoms with Crippen LogP contribution in [0.15, 0.2) is 0 Å². The van der Waals surface area contributed by atoms with Crippen LogP contribution in [0.3, 0.4) is 0 Å². The second-order valence-electron chi connectivity index (χ2n) is 6.57. The quantitative estimate of drug-likeness (QED) is 0.224. The maximum atomic E-state index is 10.4. The van der Waals surface area contributed by atoms with Crippen molar-refractivity contribution in [2.75, 3.05) is 5.75 Å². The maximum Gasteiger partial charge on any atom is 1.00 e. The average molecular weight is 373 g/mol. The second-order valence-corrected chi connectivity index (χ2v) is 8.09. The Labute approximate surface area is 187 Å². The van der Waals surface area contributed by atoms with Crippen molar-refractivity contribution in [1.82, 2.24) is 0 Å². The Bertz CT molecular complexity index is 318. The minimum atomic E-state index is -3.99. The van der Waals surface area contributed by atoms with Gasteiger partial charge in [-0.15, -0.1) is 0 Å². The first-order chi connectivity index (χ1) is 10.6. The van der Waals surface area contributed by atoms with E-state index in [0.717, 1.165) is 12.8 Å². The molecule has 0 N–H and O–H groups in total. The number of unbranched alkanes of at least 4 members (excludes halogenated alkanes) is 15. The molecule has 23 heavy (non-hydrogen) atoms. The summed E-state index contributed by atoms with van der Waals surface area (Å²) >= 11 is 0. The molecule has 0 amide bonds. The fourth-order valence-electron chi connectivity index (χ4n) is 2.83. The Kier molecular flexibility index (Phi) is 23.1. The predicted molar refractivity (Wildman–Crippen MR) is 94.1 cm³/mol. The zero-order valence-corrected chi connectivity index (χ0v) is 19.6. The SMILES string of the molecule is CCCCCCCCCCCCCCCCCCS(=O)(=O)[O-].[K+]. The van der Waals surface area contributed by atoms with E-state index in [0.29, 0.717) is 6.42 Å². The Morgan fingerprint density at radius 3 is 1.09 bits per heavy atom. The van der Waals surface area contributed by atoms with Crippen LogP contribution in [0.4, 0.5) is 0 Å². The largest absolute Gasteiger partial charge is 1.00 e. The van der Waals surface area contributed by atoms with E-state index in [4.69, 9.17) is 0 Å². The summed E-state index contributed by atoms with van der Waals surface area (Å²) in [5.41, 5.74) is 0. The van der Waals surface area contributed by atoms with Gasteiger partial charge in [-0.3, -0.25) is 0 Å². The van der Waals surface area contributed by atoms with E-state index in [1.807, 2.05) is 0 Å². The fourth-order valence-corrected chi connectivity index (χ4v) is 3.38. The number of rotatable bonds is 17. The second kappa shape index (κ2) is 19.9. The summed E-state index contributed by atoms with van der Waals surface area (Å²) in [5, 5.41) is 0. The first kappa shape index (κ1) is 26.8. The van der Waals surface area contributed by atoms with Gasteiger partial charge in [0.05, 0.1) is 10.1 Å². The van der Waals surface area contributed by atoms with Crippen LogP contribution in [0.25, 0.3) is 0 Å². The molecule has 0 aliphatic rings. The molecule has 5 heteroatoms. The van der Waals surface area contributed by atoms with E-state index in [1.165, 1.54) is 83.5 Å². The summed E-state index contributed by atoms with van der Waals surface area (Å²) in [4.78, 5) is 0. The monoisotopic (exact) mass is 372 g/mol. The van der Waals surface area contributed by atoms with Crippen molar-refractivity contribution in [2.24, 2.45) is 0 Å². The summed E-state index contributed by atoms with van der Waals surface area (Å²) < 4.78 is 31.3. The Hall–Kier alpha value is 1.55. The van der Waals surface area contributed by atoms with Gasteiger partial charge in [0.2, 0.25) is 0 Å². The normalized spacial score (nSPS) is 11.4. The van der Waals surface area contributed by atoms with Gasteiger partial charge >= 0.3 is 51.4 Å². The van der Waals surface area contributed by atoms with Gasteiger partial charge in [-0.25, -0.2) is 8.42 Å². The third-order valence-corrected chi connectivity index (χ3v) is 5.04. The van der Waals surface area contributed by atoms with Crippen molar-refractivity contribution in [3.8, 4) is 0 Å². The molecule has 0 aliphatic heterocycles. The predicted octanol–water partition coefficient (Wildman–Crippen LogP) is 2.80. The standard InChI is InChI=1S/C18H38O3S.K/c1-2-3-4-5-6-7-8-9-10-11-12-13-14-15-16-17-18-22(19,20)21;/h2-18H2,1H3,(H,19,20,21);/q;+1/p-1. The molecule has 0 fully saturated rings. The molecule has 0 unspecified atom stereocenters. The molecule has 0 aliphatic carbocycles. The van der Waals surface area contributed by atoms with E-state index >= 15 is 0 Å². The number of hydrogen-bond donors (Lipinski definition) is 0. The molecule has 0 saturated carbocycles. The van der Waals surface area contributed by atoms with Gasteiger partial charge in [0, 0.05) is 5.75 Å². The third-order valence-electron chi connectivity index (χ3n) is 4.25. The summed E-state index contributed by atoms with van der Waals surface area (Å²) in [5.74, 6) is -0.189. The summed E-state index contributed by atoms with van der Waals surface area (Å²) in [6.45, 7) is 2.26. The molecule has 0 saturated heterocycles. The first-order valence-corrected chi connectivity index (χ1v) is 11.1. The van der Waals surface area contributed by atoms with Gasteiger partial charge in [0.1, 0.15) is 0 Å². The van der Waals surface area contributed by atoms with E-state index in [9.17, 15) is 13.0 Å². The summed E-state index contributed by atoms with van der Waals surface area (Å²) in [6, 6.07) is 0. The molecule has 3 nitrogen and oxygen atoms in total. The van der Waals surface area contributed by atoms with Crippen molar-refractivity contribution in [2.45, 2.75) is 110 Å². The summed E-state index contributed by atoms with van der Waals surface area (Å²) in [7, 11) is -3.99. The smallest absolute Gasteiger partial charge is 0.748 e. The molecule has 0 atom stereocenters. The first-order valence-electron chi connectivity index (χ1n) is 9.50. The Morgan fingerprint density at radius 1 is 0.565 bits per heavy atom. The topological polar surface area (TPSA) is 57.2 Å². The molecular weight excluding hydrogens is 335 g/mol. The molecule has 0 radical (unpaired) electrons. The van der Waals surface area contributed by atoms with Crippen LogP contribution in [0.1, 0.15) is 110 Å². The molecule has 0 aromatic heterocycles. The van der Waals surface area contributed by atoms with Crippen LogP contribution >= 0.6 is 0 Å². The minimum absolute atomic E-state index is 0. The van der Waals surface area contributed by atoms with Crippen molar-refractivity contribution in [3.05, 3.63) is 0 Å². The zero-order chi connectivity index (χ0) is 16.5. The van der Waals surface area contributed by atoms with Crippen molar-refractivity contribution >= 4 is 10.1 Å². The van der Waals surface area contributed by atoms with Gasteiger partial charge in [-0.1, -0.05) is 103 Å². The fraction of sp³-hybridized carbons (Fsp3) is 1.00. The molecule has 0 aromatic carbocycles. The van der Waals surface area contributed by atoms with Gasteiger partial charge in [-0.2, -0.15) is 0 Å².